The van der Waals surface area contributed by atoms with E-state index in [0.717, 1.165) is 17.7 Å². The van der Waals surface area contributed by atoms with Crippen molar-refractivity contribution in [2.45, 2.75) is 9.97 Å². The molecule has 1 amide bonds. The molecule has 5 nitrogen and oxygen atoms in total. The number of alkyl halides is 1. The number of anilines is 1. The van der Waals surface area contributed by atoms with Gasteiger partial charge in [-0.25, -0.2) is 9.38 Å². The number of hydrogen-bond acceptors (Lipinski definition) is 5. The van der Waals surface area contributed by atoms with Crippen LogP contribution in [-0.4, -0.2) is 21.9 Å². The molecule has 0 aromatic heterocycles. The Morgan fingerprint density at radius 2 is 2.04 bits per heavy atom. The largest absolute Gasteiger partial charge is 0.508 e. The molecule has 0 spiro atoms. The Morgan fingerprint density at radius 3 is 2.72 bits per heavy atom. The second-order valence-corrected chi connectivity index (χ2v) is 8.40. The molecule has 1 heterocycles. The van der Waals surface area contributed by atoms with Crippen LogP contribution in [0.4, 0.5) is 10.1 Å². The number of thioether (sulfide) groups is 1. The van der Waals surface area contributed by atoms with Gasteiger partial charge in [0.2, 0.25) is 0 Å². The lowest BCUT2D eigenvalue weighted by atomic mass is 10.0. The van der Waals surface area contributed by atoms with Gasteiger partial charge in [0.25, 0.3) is 5.91 Å². The number of phenolic OH excluding ortho intramolecular Hbond substituents is 1. The fraction of sp³-hybridized carbons (Fsp3) is 0.176. The Kier molecular flexibility index (Phi) is 5.19. The highest BCUT2D eigenvalue weighted by molar-refractivity contribution is 14.1. The number of benzene rings is 2. The highest BCUT2D eigenvalue weighted by atomic mass is 127. The lowest BCUT2D eigenvalue weighted by molar-refractivity contribution is 0.102. The van der Waals surface area contributed by atoms with E-state index in [0.29, 0.717) is 10.7 Å². The predicted octanol–water partition coefficient (Wildman–Crippen LogP) is 3.82. The van der Waals surface area contributed by atoms with E-state index in [1.807, 2.05) is 0 Å². The summed E-state index contributed by atoms with van der Waals surface area (Å²) in [6.07, 6.45) is 0.760. The SMILES string of the molecule is NC1=NC(I)(c2ccc(F)c(NC(=O)c3ccc(O)cc3)c2)CCS1. The van der Waals surface area contributed by atoms with Crippen LogP contribution in [0.3, 0.4) is 0 Å². The summed E-state index contributed by atoms with van der Waals surface area (Å²) in [6.45, 7) is 0. The minimum atomic E-state index is -0.571. The van der Waals surface area contributed by atoms with Crippen LogP contribution in [0, 0.1) is 5.82 Å². The minimum absolute atomic E-state index is 0.0576. The third kappa shape index (κ3) is 4.06. The predicted molar refractivity (Wildman–Crippen MR) is 107 cm³/mol. The average Bonchev–Trinajstić information content (AvgIpc) is 2.57. The number of aromatic hydroxyl groups is 1. The maximum Gasteiger partial charge on any atom is 0.255 e. The molecule has 0 radical (unpaired) electrons. The van der Waals surface area contributed by atoms with Gasteiger partial charge in [0.1, 0.15) is 15.1 Å². The zero-order chi connectivity index (χ0) is 18.0. The maximum absolute atomic E-state index is 14.2. The smallest absolute Gasteiger partial charge is 0.255 e. The normalized spacial score (nSPS) is 20.0. The summed E-state index contributed by atoms with van der Waals surface area (Å²) in [5.41, 5.74) is 7.01. The van der Waals surface area contributed by atoms with Gasteiger partial charge in [-0.1, -0.05) is 17.8 Å². The van der Waals surface area contributed by atoms with E-state index >= 15 is 0 Å². The molecule has 0 bridgehead atoms. The van der Waals surface area contributed by atoms with E-state index in [9.17, 15) is 14.3 Å². The van der Waals surface area contributed by atoms with Crippen LogP contribution in [0.15, 0.2) is 47.5 Å². The van der Waals surface area contributed by atoms with Gasteiger partial charge < -0.3 is 16.2 Å². The molecular weight excluding hydrogens is 456 g/mol. The molecule has 3 rings (SSSR count). The van der Waals surface area contributed by atoms with Crippen LogP contribution in [0.25, 0.3) is 0 Å². The first-order valence-corrected chi connectivity index (χ1v) is 9.51. The highest BCUT2D eigenvalue weighted by Crippen LogP contribution is 2.42. The number of halogens is 2. The van der Waals surface area contributed by atoms with Crippen LogP contribution in [0.1, 0.15) is 22.3 Å². The second kappa shape index (κ2) is 7.20. The third-order valence-electron chi connectivity index (χ3n) is 3.76. The molecule has 1 aliphatic rings. The van der Waals surface area contributed by atoms with Crippen molar-refractivity contribution in [3.63, 3.8) is 0 Å². The maximum atomic E-state index is 14.2. The Morgan fingerprint density at radius 1 is 1.32 bits per heavy atom. The van der Waals surface area contributed by atoms with Crippen molar-refractivity contribution in [2.75, 3.05) is 11.1 Å². The number of amidine groups is 1. The number of hydrogen-bond donors (Lipinski definition) is 3. The molecule has 2 aromatic rings. The average molecular weight is 471 g/mol. The third-order valence-corrected chi connectivity index (χ3v) is 5.96. The quantitative estimate of drug-likeness (QED) is 0.361. The summed E-state index contributed by atoms with van der Waals surface area (Å²) in [6, 6.07) is 10.3. The van der Waals surface area contributed by atoms with E-state index in [1.54, 1.807) is 12.1 Å². The molecule has 0 saturated heterocycles. The molecule has 1 aliphatic heterocycles. The van der Waals surface area contributed by atoms with Gasteiger partial charge in [-0.15, -0.1) is 0 Å². The molecule has 0 aliphatic carbocycles. The van der Waals surface area contributed by atoms with Crippen molar-refractivity contribution >= 4 is 51.1 Å². The first kappa shape index (κ1) is 18.0. The van der Waals surface area contributed by atoms with Crippen LogP contribution >= 0.6 is 34.4 Å². The number of nitrogens with one attached hydrogen (secondary N) is 1. The van der Waals surface area contributed by atoms with Crippen molar-refractivity contribution in [1.29, 1.82) is 0 Å². The summed E-state index contributed by atoms with van der Waals surface area (Å²) in [7, 11) is 0. The van der Waals surface area contributed by atoms with Gasteiger partial charge in [0.05, 0.1) is 5.69 Å². The number of aliphatic imine (C=N–C) groups is 1. The first-order chi connectivity index (χ1) is 11.9. The van der Waals surface area contributed by atoms with Crippen molar-refractivity contribution in [1.82, 2.24) is 0 Å². The van der Waals surface area contributed by atoms with Gasteiger partial charge in [-0.3, -0.25) is 4.79 Å². The lowest BCUT2D eigenvalue weighted by Crippen LogP contribution is -2.26. The number of rotatable bonds is 3. The van der Waals surface area contributed by atoms with Crippen molar-refractivity contribution in [3.05, 3.63) is 59.4 Å². The summed E-state index contributed by atoms with van der Waals surface area (Å²) in [5, 5.41) is 12.4. The van der Waals surface area contributed by atoms with Gasteiger partial charge in [0, 0.05) is 11.3 Å². The zero-order valence-corrected chi connectivity index (χ0v) is 16.0. The van der Waals surface area contributed by atoms with Crippen LogP contribution < -0.4 is 11.1 Å². The van der Waals surface area contributed by atoms with E-state index in [-0.39, 0.29) is 11.4 Å². The summed E-state index contributed by atoms with van der Waals surface area (Å²) in [4.78, 5) is 16.8. The van der Waals surface area contributed by atoms with E-state index in [2.05, 4.69) is 32.9 Å². The highest BCUT2D eigenvalue weighted by Gasteiger charge is 2.32. The Labute approximate surface area is 162 Å². The number of carbonyl (C=O) groups excluding carboxylic acids is 1. The number of carbonyl (C=O) groups is 1. The summed E-state index contributed by atoms with van der Waals surface area (Å²) >= 11 is 3.69. The van der Waals surface area contributed by atoms with E-state index in [1.165, 1.54) is 42.1 Å². The zero-order valence-electron chi connectivity index (χ0n) is 13.0. The Bertz CT molecular complexity index is 844. The molecule has 130 valence electrons. The first-order valence-electron chi connectivity index (χ1n) is 7.45. The fourth-order valence-electron chi connectivity index (χ4n) is 2.43. The monoisotopic (exact) mass is 471 g/mol. The number of nitrogens with zero attached hydrogens (tertiary/aromatic N) is 1. The molecule has 0 fully saturated rings. The van der Waals surface area contributed by atoms with Gasteiger partial charge in [0.15, 0.2) is 5.17 Å². The topological polar surface area (TPSA) is 87.7 Å². The van der Waals surface area contributed by atoms with Crippen molar-refractivity contribution < 1.29 is 14.3 Å². The van der Waals surface area contributed by atoms with Crippen LogP contribution in [0.5, 0.6) is 5.75 Å². The van der Waals surface area contributed by atoms with Crippen molar-refractivity contribution in [3.8, 4) is 5.75 Å². The van der Waals surface area contributed by atoms with E-state index in [4.69, 9.17) is 5.73 Å². The number of phenols is 1. The minimum Gasteiger partial charge on any atom is -0.508 e. The van der Waals surface area contributed by atoms with Crippen molar-refractivity contribution in [2.24, 2.45) is 10.7 Å². The molecular formula is C17H15FIN3O2S. The fourth-order valence-corrected chi connectivity index (χ4v) is 4.65. The van der Waals surface area contributed by atoms with Crippen LogP contribution in [0.2, 0.25) is 0 Å². The molecule has 0 saturated carbocycles. The molecule has 25 heavy (non-hydrogen) atoms. The summed E-state index contributed by atoms with van der Waals surface area (Å²) in [5.74, 6) is -0.105. The standard InChI is InChI=1S/C17H15FIN3O2S/c18-13-6-3-11(17(19)7-8-25-16(20)22-17)9-14(13)21-15(24)10-1-4-12(23)5-2-10/h1-6,9,23H,7-8H2,(H2,20,22)(H,21,24). The molecule has 1 unspecified atom stereocenters. The summed E-state index contributed by atoms with van der Waals surface area (Å²) < 4.78 is 13.6. The molecule has 4 N–H and O–H groups in total. The molecule has 2 aromatic carbocycles. The molecule has 8 heteroatoms. The van der Waals surface area contributed by atoms with Gasteiger partial charge >= 0.3 is 0 Å². The van der Waals surface area contributed by atoms with Gasteiger partial charge in [-0.05, 0) is 71.0 Å². The number of amides is 1. The lowest BCUT2D eigenvalue weighted by Gasteiger charge is -2.28. The molecule has 1 atom stereocenters. The van der Waals surface area contributed by atoms with Gasteiger partial charge in [-0.2, -0.15) is 0 Å². The Hall–Kier alpha value is -1.81. The van der Waals surface area contributed by atoms with Crippen LogP contribution in [-0.2, 0) is 3.55 Å². The Balaban J connectivity index is 1.88. The van der Waals surface area contributed by atoms with E-state index < -0.39 is 15.3 Å². The number of nitrogens with two attached hydrogens (primary N) is 1. The second-order valence-electron chi connectivity index (χ2n) is 5.50.